The number of unbranched alkanes of at least 4 members (excludes halogenated alkanes) is 2. The number of carbonyl (C=O) groups excluding carboxylic acids is 1. The molecule has 3 heteroatoms. The maximum Gasteiger partial charge on any atom is 0.271 e. The van der Waals surface area contributed by atoms with Crippen LogP contribution in [0, 0.1) is 0 Å². The molecule has 0 heterocycles. The van der Waals surface area contributed by atoms with Gasteiger partial charge in [-0.15, -0.1) is 0 Å². The van der Waals surface area contributed by atoms with Gasteiger partial charge in [-0.05, 0) is 30.5 Å². The maximum atomic E-state index is 12.1. The van der Waals surface area contributed by atoms with Gasteiger partial charge < -0.3 is 0 Å². The summed E-state index contributed by atoms with van der Waals surface area (Å²) in [5.74, 6) is -0.176. The summed E-state index contributed by atoms with van der Waals surface area (Å²) >= 11 is 0. The highest BCUT2D eigenvalue weighted by Crippen LogP contribution is 2.09. The van der Waals surface area contributed by atoms with E-state index < -0.39 is 0 Å². The van der Waals surface area contributed by atoms with Crippen LogP contribution in [-0.2, 0) is 0 Å². The van der Waals surface area contributed by atoms with Gasteiger partial charge >= 0.3 is 0 Å². The van der Waals surface area contributed by atoms with Crippen molar-refractivity contribution >= 4 is 11.6 Å². The number of rotatable bonds is 7. The second-order valence-corrected chi connectivity index (χ2v) is 5.19. The van der Waals surface area contributed by atoms with Crippen molar-refractivity contribution in [1.29, 1.82) is 0 Å². The number of hydrogen-bond acceptors (Lipinski definition) is 2. The average Bonchev–Trinajstić information content (AvgIpc) is 2.59. The summed E-state index contributed by atoms with van der Waals surface area (Å²) in [7, 11) is 0. The van der Waals surface area contributed by atoms with Crippen molar-refractivity contribution in [3.8, 4) is 0 Å². The van der Waals surface area contributed by atoms with E-state index in [4.69, 9.17) is 0 Å². The topological polar surface area (TPSA) is 41.5 Å². The van der Waals surface area contributed by atoms with Crippen LogP contribution in [0.1, 0.15) is 48.5 Å². The number of amides is 1. The lowest BCUT2D eigenvalue weighted by molar-refractivity contribution is 0.0955. The lowest BCUT2D eigenvalue weighted by Crippen LogP contribution is -2.20. The molecular formula is C19H22N2O. The van der Waals surface area contributed by atoms with Gasteiger partial charge in [0.1, 0.15) is 0 Å². The third-order valence-corrected chi connectivity index (χ3v) is 3.45. The van der Waals surface area contributed by atoms with E-state index >= 15 is 0 Å². The van der Waals surface area contributed by atoms with Crippen LogP contribution in [0.15, 0.2) is 65.8 Å². The minimum atomic E-state index is -0.176. The lowest BCUT2D eigenvalue weighted by atomic mass is 10.0. The zero-order chi connectivity index (χ0) is 15.6. The number of benzene rings is 2. The Morgan fingerprint density at radius 2 is 1.50 bits per heavy atom. The molecule has 3 nitrogen and oxygen atoms in total. The Bertz CT molecular complexity index is 606. The van der Waals surface area contributed by atoms with Gasteiger partial charge in [0.2, 0.25) is 0 Å². The molecule has 0 aliphatic carbocycles. The fraction of sp³-hybridized carbons (Fsp3) is 0.263. The summed E-state index contributed by atoms with van der Waals surface area (Å²) < 4.78 is 0. The van der Waals surface area contributed by atoms with Crippen LogP contribution in [0.2, 0.25) is 0 Å². The summed E-state index contributed by atoms with van der Waals surface area (Å²) in [6, 6.07) is 19.2. The van der Waals surface area contributed by atoms with Gasteiger partial charge in [-0.25, -0.2) is 5.43 Å². The molecule has 114 valence electrons. The summed E-state index contributed by atoms with van der Waals surface area (Å²) in [4.78, 5) is 12.1. The molecular weight excluding hydrogens is 272 g/mol. The maximum absolute atomic E-state index is 12.1. The largest absolute Gasteiger partial charge is 0.271 e. The van der Waals surface area contributed by atoms with Crippen LogP contribution in [0.5, 0.6) is 0 Å². The van der Waals surface area contributed by atoms with E-state index in [0.29, 0.717) is 5.56 Å². The van der Waals surface area contributed by atoms with E-state index in [1.807, 2.05) is 48.5 Å². The minimum Gasteiger partial charge on any atom is -0.267 e. The van der Waals surface area contributed by atoms with Crippen molar-refractivity contribution in [3.63, 3.8) is 0 Å². The molecule has 0 bridgehead atoms. The molecule has 0 aliphatic rings. The first-order chi connectivity index (χ1) is 10.8. The Kier molecular flexibility index (Phi) is 6.37. The monoisotopic (exact) mass is 294 g/mol. The molecule has 0 aromatic heterocycles. The van der Waals surface area contributed by atoms with Crippen LogP contribution in [-0.4, -0.2) is 11.6 Å². The average molecular weight is 294 g/mol. The predicted octanol–water partition coefficient (Wildman–Crippen LogP) is 4.40. The first-order valence-electron chi connectivity index (χ1n) is 7.78. The van der Waals surface area contributed by atoms with E-state index in [2.05, 4.69) is 17.5 Å². The van der Waals surface area contributed by atoms with E-state index in [0.717, 1.165) is 24.1 Å². The van der Waals surface area contributed by atoms with Gasteiger partial charge in [0, 0.05) is 5.56 Å². The Labute approximate surface area is 132 Å². The van der Waals surface area contributed by atoms with Gasteiger partial charge in [-0.1, -0.05) is 68.3 Å². The van der Waals surface area contributed by atoms with Crippen molar-refractivity contribution < 1.29 is 4.79 Å². The van der Waals surface area contributed by atoms with Gasteiger partial charge in [0.15, 0.2) is 0 Å². The zero-order valence-corrected chi connectivity index (χ0v) is 13.0. The van der Waals surface area contributed by atoms with Gasteiger partial charge in [0.05, 0.1) is 5.71 Å². The number of carbonyl (C=O) groups is 1. The standard InChI is InChI=1S/C19H22N2O/c1-2-3-6-15-18(16-11-7-4-8-12-16)20-21-19(22)17-13-9-5-10-14-17/h4-5,7-14H,2-3,6,15H2,1H3,(H,21,22)/b20-18+. The zero-order valence-electron chi connectivity index (χ0n) is 13.0. The van der Waals surface area contributed by atoms with Crippen LogP contribution in [0.4, 0.5) is 0 Å². The first kappa shape index (κ1) is 16.0. The molecule has 0 fully saturated rings. The van der Waals surface area contributed by atoms with Crippen molar-refractivity contribution in [2.75, 3.05) is 0 Å². The third kappa shape index (κ3) is 4.85. The van der Waals surface area contributed by atoms with Crippen LogP contribution >= 0.6 is 0 Å². The van der Waals surface area contributed by atoms with E-state index in [1.165, 1.54) is 12.8 Å². The van der Waals surface area contributed by atoms with Gasteiger partial charge in [-0.3, -0.25) is 4.79 Å². The van der Waals surface area contributed by atoms with E-state index in [9.17, 15) is 4.79 Å². The first-order valence-corrected chi connectivity index (χ1v) is 7.78. The Balaban J connectivity index is 2.09. The van der Waals surface area contributed by atoms with Crippen LogP contribution < -0.4 is 5.43 Å². The van der Waals surface area contributed by atoms with Crippen molar-refractivity contribution in [2.24, 2.45) is 5.10 Å². The lowest BCUT2D eigenvalue weighted by Gasteiger charge is -2.07. The summed E-state index contributed by atoms with van der Waals surface area (Å²) in [5, 5.41) is 4.36. The molecule has 0 atom stereocenters. The Morgan fingerprint density at radius 3 is 2.09 bits per heavy atom. The molecule has 2 aromatic carbocycles. The third-order valence-electron chi connectivity index (χ3n) is 3.45. The predicted molar refractivity (Wildman–Crippen MR) is 91.0 cm³/mol. The molecule has 2 rings (SSSR count). The number of hydrogen-bond donors (Lipinski definition) is 1. The molecule has 22 heavy (non-hydrogen) atoms. The summed E-state index contributed by atoms with van der Waals surface area (Å²) in [5.41, 5.74) is 5.28. The molecule has 0 radical (unpaired) electrons. The fourth-order valence-electron chi connectivity index (χ4n) is 2.21. The van der Waals surface area contributed by atoms with Gasteiger partial charge in [0.25, 0.3) is 5.91 Å². The second-order valence-electron chi connectivity index (χ2n) is 5.19. The highest BCUT2D eigenvalue weighted by atomic mass is 16.2. The number of nitrogens with one attached hydrogen (secondary N) is 1. The smallest absolute Gasteiger partial charge is 0.267 e. The Morgan fingerprint density at radius 1 is 0.909 bits per heavy atom. The van der Waals surface area contributed by atoms with E-state index in [-0.39, 0.29) is 5.91 Å². The summed E-state index contributed by atoms with van der Waals surface area (Å²) in [6.45, 7) is 2.18. The molecule has 1 N–H and O–H groups in total. The molecule has 1 amide bonds. The number of nitrogens with zero attached hydrogens (tertiary/aromatic N) is 1. The highest BCUT2D eigenvalue weighted by molar-refractivity contribution is 6.02. The fourth-order valence-corrected chi connectivity index (χ4v) is 2.21. The number of hydrazone groups is 1. The quantitative estimate of drug-likeness (QED) is 0.459. The van der Waals surface area contributed by atoms with Crippen molar-refractivity contribution in [1.82, 2.24) is 5.43 Å². The molecule has 0 saturated heterocycles. The SMILES string of the molecule is CCCCC/C(=N\NC(=O)c1ccccc1)c1ccccc1. The molecule has 0 spiro atoms. The molecule has 2 aromatic rings. The van der Waals surface area contributed by atoms with Crippen molar-refractivity contribution in [3.05, 3.63) is 71.8 Å². The second kappa shape index (κ2) is 8.78. The highest BCUT2D eigenvalue weighted by Gasteiger charge is 2.06. The minimum absolute atomic E-state index is 0.176. The summed E-state index contributed by atoms with van der Waals surface area (Å²) in [6.07, 6.45) is 4.27. The molecule has 0 aliphatic heterocycles. The van der Waals surface area contributed by atoms with Crippen LogP contribution in [0.25, 0.3) is 0 Å². The van der Waals surface area contributed by atoms with E-state index in [1.54, 1.807) is 12.1 Å². The molecule has 0 unspecified atom stereocenters. The van der Waals surface area contributed by atoms with Crippen molar-refractivity contribution in [2.45, 2.75) is 32.6 Å². The van der Waals surface area contributed by atoms with Gasteiger partial charge in [-0.2, -0.15) is 5.10 Å². The Hall–Kier alpha value is -2.42. The normalized spacial score (nSPS) is 11.2. The van der Waals surface area contributed by atoms with Crippen LogP contribution in [0.3, 0.4) is 0 Å². The molecule has 0 saturated carbocycles.